The van der Waals surface area contributed by atoms with Gasteiger partial charge < -0.3 is 19.9 Å². The van der Waals surface area contributed by atoms with E-state index >= 15 is 0 Å². The van der Waals surface area contributed by atoms with E-state index in [4.69, 9.17) is 19.9 Å². The molecule has 0 aliphatic heterocycles. The van der Waals surface area contributed by atoms with Gasteiger partial charge in [0.25, 0.3) is 0 Å². The molecular formula is C18H18N2O5S. The lowest BCUT2D eigenvalue weighted by molar-refractivity contribution is -0.145. The van der Waals surface area contributed by atoms with Gasteiger partial charge in [0.2, 0.25) is 0 Å². The fourth-order valence-electron chi connectivity index (χ4n) is 2.10. The maximum absolute atomic E-state index is 12.0. The van der Waals surface area contributed by atoms with Gasteiger partial charge in [0.15, 0.2) is 0 Å². The SMILES string of the molecule is CCOC(=O)c1sc(N)c(C#N)c1COC(=O)CCOc1ccccc1. The van der Waals surface area contributed by atoms with Crippen molar-refractivity contribution < 1.29 is 23.8 Å². The fraction of sp³-hybridized carbons (Fsp3) is 0.278. The number of benzene rings is 1. The number of esters is 2. The van der Waals surface area contributed by atoms with Gasteiger partial charge in [-0.05, 0) is 19.1 Å². The van der Waals surface area contributed by atoms with Gasteiger partial charge in [-0.3, -0.25) is 4.79 Å². The van der Waals surface area contributed by atoms with E-state index in [0.717, 1.165) is 11.3 Å². The second-order valence-corrected chi connectivity index (χ2v) is 6.11. The van der Waals surface area contributed by atoms with Crippen molar-refractivity contribution in [1.29, 1.82) is 5.26 Å². The number of nitrogen functional groups attached to an aromatic ring is 1. The molecule has 0 aliphatic carbocycles. The predicted molar refractivity (Wildman–Crippen MR) is 95.8 cm³/mol. The Morgan fingerprint density at radius 1 is 1.23 bits per heavy atom. The first-order valence-electron chi connectivity index (χ1n) is 7.88. The zero-order valence-corrected chi connectivity index (χ0v) is 15.0. The van der Waals surface area contributed by atoms with E-state index in [9.17, 15) is 14.9 Å². The first-order valence-corrected chi connectivity index (χ1v) is 8.70. The van der Waals surface area contributed by atoms with E-state index in [1.807, 2.05) is 24.3 Å². The van der Waals surface area contributed by atoms with Crippen LogP contribution in [0, 0.1) is 11.3 Å². The lowest BCUT2D eigenvalue weighted by atomic mass is 10.1. The standard InChI is InChI=1S/C18H18N2O5S/c1-2-23-18(22)16-14(13(10-19)17(20)26-16)11-25-15(21)8-9-24-12-6-4-3-5-7-12/h3-7H,2,8-9,11,20H2,1H3. The minimum Gasteiger partial charge on any atom is -0.493 e. The number of carbonyl (C=O) groups excluding carboxylic acids is 2. The Hall–Kier alpha value is -3.05. The van der Waals surface area contributed by atoms with Crippen molar-refractivity contribution in [3.05, 3.63) is 46.3 Å². The van der Waals surface area contributed by atoms with Crippen LogP contribution in [0.4, 0.5) is 5.00 Å². The molecule has 1 aromatic carbocycles. The summed E-state index contributed by atoms with van der Waals surface area (Å²) in [6.45, 7) is 1.79. The van der Waals surface area contributed by atoms with Gasteiger partial charge in [0.1, 0.15) is 28.3 Å². The number of ether oxygens (including phenoxy) is 3. The van der Waals surface area contributed by atoms with Gasteiger partial charge in [-0.2, -0.15) is 5.26 Å². The molecule has 0 aliphatic rings. The Morgan fingerprint density at radius 3 is 2.62 bits per heavy atom. The number of para-hydroxylation sites is 1. The van der Waals surface area contributed by atoms with E-state index in [2.05, 4.69) is 0 Å². The van der Waals surface area contributed by atoms with Crippen LogP contribution in [0.15, 0.2) is 30.3 Å². The van der Waals surface area contributed by atoms with Crippen molar-refractivity contribution >= 4 is 28.3 Å². The summed E-state index contributed by atoms with van der Waals surface area (Å²) in [7, 11) is 0. The third-order valence-corrected chi connectivity index (χ3v) is 4.34. The van der Waals surface area contributed by atoms with Crippen LogP contribution in [-0.2, 0) is 20.9 Å². The molecule has 1 aromatic heterocycles. The zero-order valence-electron chi connectivity index (χ0n) is 14.2. The smallest absolute Gasteiger partial charge is 0.348 e. The van der Waals surface area contributed by atoms with Crippen LogP contribution < -0.4 is 10.5 Å². The highest BCUT2D eigenvalue weighted by Crippen LogP contribution is 2.31. The average molecular weight is 374 g/mol. The Labute approximate surface area is 154 Å². The van der Waals surface area contributed by atoms with E-state index in [1.54, 1.807) is 19.1 Å². The molecule has 0 spiro atoms. The molecule has 0 bridgehead atoms. The highest BCUT2D eigenvalue weighted by atomic mass is 32.1. The summed E-state index contributed by atoms with van der Waals surface area (Å²) in [5, 5.41) is 9.41. The third-order valence-electron chi connectivity index (χ3n) is 3.30. The van der Waals surface area contributed by atoms with E-state index in [0.29, 0.717) is 5.75 Å². The van der Waals surface area contributed by atoms with Crippen molar-refractivity contribution in [2.75, 3.05) is 18.9 Å². The highest BCUT2D eigenvalue weighted by Gasteiger charge is 2.23. The van der Waals surface area contributed by atoms with Crippen LogP contribution in [0.2, 0.25) is 0 Å². The second-order valence-electron chi connectivity index (χ2n) is 5.05. The number of hydrogen-bond donors (Lipinski definition) is 1. The van der Waals surface area contributed by atoms with Crippen LogP contribution in [-0.4, -0.2) is 25.2 Å². The van der Waals surface area contributed by atoms with Crippen LogP contribution in [0.3, 0.4) is 0 Å². The minimum absolute atomic E-state index is 0.0329. The molecule has 8 heteroatoms. The Morgan fingerprint density at radius 2 is 1.96 bits per heavy atom. The van der Waals surface area contributed by atoms with Crippen LogP contribution in [0.1, 0.15) is 34.1 Å². The number of thiophene rings is 1. The summed E-state index contributed by atoms with van der Waals surface area (Å²) >= 11 is 0.945. The summed E-state index contributed by atoms with van der Waals surface area (Å²) < 4.78 is 15.5. The number of rotatable bonds is 8. The second kappa shape index (κ2) is 9.44. The molecule has 136 valence electrons. The van der Waals surface area contributed by atoms with Crippen LogP contribution >= 0.6 is 11.3 Å². The zero-order chi connectivity index (χ0) is 18.9. The number of nitrogens with two attached hydrogens (primary N) is 1. The number of carbonyl (C=O) groups is 2. The van der Waals surface area contributed by atoms with Crippen LogP contribution in [0.5, 0.6) is 5.75 Å². The van der Waals surface area contributed by atoms with E-state index < -0.39 is 11.9 Å². The Kier molecular flexibility index (Phi) is 7.00. The van der Waals surface area contributed by atoms with Gasteiger partial charge in [0.05, 0.1) is 25.2 Å². The molecule has 0 radical (unpaired) electrons. The molecule has 1 heterocycles. The fourth-order valence-corrected chi connectivity index (χ4v) is 3.02. The lowest BCUT2D eigenvalue weighted by Gasteiger charge is -2.08. The molecule has 0 saturated heterocycles. The maximum Gasteiger partial charge on any atom is 0.348 e. The van der Waals surface area contributed by atoms with Crippen molar-refractivity contribution in [2.24, 2.45) is 0 Å². The van der Waals surface area contributed by atoms with Gasteiger partial charge in [-0.1, -0.05) is 18.2 Å². The maximum atomic E-state index is 12.0. The monoisotopic (exact) mass is 374 g/mol. The van der Waals surface area contributed by atoms with Gasteiger partial charge in [-0.25, -0.2) is 4.79 Å². The summed E-state index contributed by atoms with van der Waals surface area (Å²) in [5.74, 6) is -0.448. The molecule has 26 heavy (non-hydrogen) atoms. The summed E-state index contributed by atoms with van der Waals surface area (Å²) in [4.78, 5) is 24.0. The van der Waals surface area contributed by atoms with Crippen molar-refractivity contribution in [3.8, 4) is 11.8 Å². The first kappa shape index (κ1) is 19.3. The molecule has 7 nitrogen and oxygen atoms in total. The van der Waals surface area contributed by atoms with E-state index in [-0.39, 0.29) is 47.2 Å². The summed E-state index contributed by atoms with van der Waals surface area (Å²) in [5.41, 5.74) is 6.17. The molecule has 2 rings (SSSR count). The first-order chi connectivity index (χ1) is 12.6. The Balaban J connectivity index is 1.94. The van der Waals surface area contributed by atoms with Crippen molar-refractivity contribution in [3.63, 3.8) is 0 Å². The molecule has 2 N–H and O–H groups in total. The summed E-state index contributed by atoms with van der Waals surface area (Å²) in [6, 6.07) is 11.0. The molecule has 0 unspecified atom stereocenters. The topological polar surface area (TPSA) is 112 Å². The number of nitrogens with zero attached hydrogens (tertiary/aromatic N) is 1. The average Bonchev–Trinajstić information content (AvgIpc) is 2.96. The lowest BCUT2D eigenvalue weighted by Crippen LogP contribution is -2.12. The molecule has 2 aromatic rings. The van der Waals surface area contributed by atoms with Crippen LogP contribution in [0.25, 0.3) is 0 Å². The summed E-state index contributed by atoms with van der Waals surface area (Å²) in [6.07, 6.45) is 0.0329. The molecule has 0 amide bonds. The van der Waals surface area contributed by atoms with Gasteiger partial charge >= 0.3 is 11.9 Å². The quantitative estimate of drug-likeness (QED) is 0.707. The predicted octanol–water partition coefficient (Wildman–Crippen LogP) is 2.89. The molecular weight excluding hydrogens is 356 g/mol. The highest BCUT2D eigenvalue weighted by molar-refractivity contribution is 7.18. The minimum atomic E-state index is -0.593. The molecule has 0 fully saturated rings. The Bertz CT molecular complexity index is 811. The van der Waals surface area contributed by atoms with Crippen molar-refractivity contribution in [2.45, 2.75) is 20.0 Å². The van der Waals surface area contributed by atoms with Crippen molar-refractivity contribution in [1.82, 2.24) is 0 Å². The number of hydrogen-bond acceptors (Lipinski definition) is 8. The van der Waals surface area contributed by atoms with Gasteiger partial charge in [-0.15, -0.1) is 11.3 Å². The largest absolute Gasteiger partial charge is 0.493 e. The normalized spacial score (nSPS) is 10.0. The third kappa shape index (κ3) is 4.97. The van der Waals surface area contributed by atoms with E-state index in [1.165, 1.54) is 0 Å². The van der Waals surface area contributed by atoms with Gasteiger partial charge in [0, 0.05) is 5.56 Å². The molecule has 0 atom stereocenters. The number of anilines is 1. The number of nitriles is 1. The molecule has 0 saturated carbocycles.